The minimum Gasteiger partial charge on any atom is -0.361 e. The zero-order valence-corrected chi connectivity index (χ0v) is 14.2. The number of hydrogen-bond acceptors (Lipinski definition) is 5. The van der Waals surface area contributed by atoms with Crippen molar-refractivity contribution >= 4 is 30.1 Å². The summed E-state index contributed by atoms with van der Waals surface area (Å²) in [6.45, 7) is 8.30. The Kier molecular flexibility index (Phi) is 7.62. The lowest BCUT2D eigenvalue weighted by Gasteiger charge is -2.28. The van der Waals surface area contributed by atoms with Crippen molar-refractivity contribution in [3.05, 3.63) is 17.5 Å². The summed E-state index contributed by atoms with van der Waals surface area (Å²) in [5.74, 6) is 0.932. The molecule has 1 rings (SSSR count). The number of nitrogens with two attached hydrogens (primary N) is 1. The molecule has 5 nitrogen and oxygen atoms in total. The molecule has 1 heterocycles. The van der Waals surface area contributed by atoms with Crippen LogP contribution in [-0.2, 0) is 11.3 Å². The molecular weight excluding hydrogens is 298 g/mol. The molecule has 3 N–H and O–H groups in total. The summed E-state index contributed by atoms with van der Waals surface area (Å²) in [6.07, 6.45) is 1.94. The molecule has 0 radical (unpaired) electrons. The van der Waals surface area contributed by atoms with Crippen LogP contribution in [-0.4, -0.2) is 28.1 Å². The average Bonchev–Trinajstić information content (AvgIpc) is 2.83. The number of aromatic nitrogens is 1. The first kappa shape index (κ1) is 19.3. The van der Waals surface area contributed by atoms with E-state index in [1.54, 1.807) is 11.8 Å². The fourth-order valence-corrected chi connectivity index (χ4v) is 1.77. The number of halogens is 1. The van der Waals surface area contributed by atoms with E-state index in [0.717, 1.165) is 5.76 Å². The Bertz CT molecular complexity index is 435. The smallest absolute Gasteiger partial charge is 0.238 e. The molecule has 1 aromatic heterocycles. The molecule has 0 saturated carbocycles. The van der Waals surface area contributed by atoms with Gasteiger partial charge in [-0.1, -0.05) is 19.0 Å². The third-order valence-corrected chi connectivity index (χ3v) is 4.45. The van der Waals surface area contributed by atoms with E-state index >= 15 is 0 Å². The summed E-state index contributed by atoms with van der Waals surface area (Å²) >= 11 is 1.57. The molecule has 0 fully saturated rings. The highest BCUT2D eigenvalue weighted by Crippen LogP contribution is 2.24. The summed E-state index contributed by atoms with van der Waals surface area (Å²) in [5, 5.41) is 6.71. The summed E-state index contributed by atoms with van der Waals surface area (Å²) in [4.78, 5) is 12.0. The van der Waals surface area contributed by atoms with Crippen molar-refractivity contribution in [3.63, 3.8) is 0 Å². The van der Waals surface area contributed by atoms with Gasteiger partial charge >= 0.3 is 0 Å². The normalized spacial score (nSPS) is 12.9. The maximum absolute atomic E-state index is 12.0. The largest absolute Gasteiger partial charge is 0.361 e. The van der Waals surface area contributed by atoms with E-state index in [9.17, 15) is 4.79 Å². The van der Waals surface area contributed by atoms with Crippen LogP contribution in [0.5, 0.6) is 0 Å². The van der Waals surface area contributed by atoms with E-state index in [0.29, 0.717) is 12.2 Å². The van der Waals surface area contributed by atoms with Crippen molar-refractivity contribution in [3.8, 4) is 0 Å². The van der Waals surface area contributed by atoms with Gasteiger partial charge in [0.2, 0.25) is 5.91 Å². The first-order chi connectivity index (χ1) is 8.77. The number of nitrogens with one attached hydrogen (secondary N) is 1. The predicted octanol–water partition coefficient (Wildman–Crippen LogP) is 2.30. The van der Waals surface area contributed by atoms with E-state index in [1.165, 1.54) is 0 Å². The van der Waals surface area contributed by atoms with Crippen LogP contribution in [0.25, 0.3) is 0 Å². The Morgan fingerprint density at radius 1 is 1.55 bits per heavy atom. The van der Waals surface area contributed by atoms with Crippen LogP contribution in [0.4, 0.5) is 0 Å². The maximum atomic E-state index is 12.0. The Morgan fingerprint density at radius 3 is 2.60 bits per heavy atom. The van der Waals surface area contributed by atoms with Gasteiger partial charge < -0.3 is 15.6 Å². The van der Waals surface area contributed by atoms with E-state index < -0.39 is 6.04 Å². The number of carbonyl (C=O) groups is 1. The second-order valence-electron chi connectivity index (χ2n) is 5.38. The molecule has 0 saturated heterocycles. The number of amides is 1. The molecular formula is C13H24ClN3O2S. The van der Waals surface area contributed by atoms with Crippen LogP contribution in [0.2, 0.25) is 0 Å². The Balaban J connectivity index is 0.00000361. The van der Waals surface area contributed by atoms with Gasteiger partial charge in [-0.05, 0) is 20.1 Å². The van der Waals surface area contributed by atoms with Gasteiger partial charge in [0.1, 0.15) is 11.5 Å². The van der Waals surface area contributed by atoms with Crippen LogP contribution in [0.1, 0.15) is 45.1 Å². The van der Waals surface area contributed by atoms with Gasteiger partial charge in [-0.2, -0.15) is 11.8 Å². The highest BCUT2D eigenvalue weighted by atomic mass is 35.5. The van der Waals surface area contributed by atoms with Gasteiger partial charge in [0.15, 0.2) is 0 Å². The number of nitrogens with zero attached hydrogens (tertiary/aromatic N) is 1. The predicted molar refractivity (Wildman–Crippen MR) is 85.3 cm³/mol. The fourth-order valence-electron chi connectivity index (χ4n) is 1.41. The Hall–Kier alpha value is -0.720. The Labute approximate surface area is 130 Å². The zero-order valence-electron chi connectivity index (χ0n) is 12.6. The third-order valence-electron chi connectivity index (χ3n) is 3.15. The second kappa shape index (κ2) is 7.90. The topological polar surface area (TPSA) is 81.2 Å². The lowest BCUT2D eigenvalue weighted by Crippen LogP contribution is -2.51. The molecule has 20 heavy (non-hydrogen) atoms. The molecule has 0 aliphatic carbocycles. The molecule has 0 unspecified atom stereocenters. The minimum absolute atomic E-state index is 0. The number of thioether (sulfide) groups is 1. The van der Waals surface area contributed by atoms with E-state index in [-0.39, 0.29) is 29.0 Å². The van der Waals surface area contributed by atoms with Crippen LogP contribution in [0, 0.1) is 0 Å². The van der Waals surface area contributed by atoms with Crippen molar-refractivity contribution in [1.82, 2.24) is 10.5 Å². The minimum atomic E-state index is -0.557. The molecule has 0 bridgehead atoms. The Morgan fingerprint density at radius 2 is 2.15 bits per heavy atom. The average molecular weight is 322 g/mol. The summed E-state index contributed by atoms with van der Waals surface area (Å²) in [7, 11) is 0. The molecule has 116 valence electrons. The first-order valence-electron chi connectivity index (χ1n) is 6.32. The van der Waals surface area contributed by atoms with Gasteiger partial charge in [-0.3, -0.25) is 4.79 Å². The molecule has 0 aliphatic rings. The second-order valence-corrected chi connectivity index (χ2v) is 6.84. The third kappa shape index (κ3) is 5.00. The van der Waals surface area contributed by atoms with E-state index in [1.807, 2.05) is 40.0 Å². The SMILES string of the molecule is CSC(C)(C)[C@H](N)C(=O)NCc1cc(C(C)C)on1.Cl. The van der Waals surface area contributed by atoms with Crippen LogP contribution >= 0.6 is 24.2 Å². The van der Waals surface area contributed by atoms with Gasteiger partial charge in [0, 0.05) is 16.7 Å². The first-order valence-corrected chi connectivity index (χ1v) is 7.54. The molecule has 1 aromatic rings. The summed E-state index contributed by atoms with van der Waals surface area (Å²) in [6, 6.07) is 1.30. The van der Waals surface area contributed by atoms with Gasteiger partial charge in [0.25, 0.3) is 0 Å². The molecule has 0 spiro atoms. The molecule has 0 aromatic carbocycles. The molecule has 7 heteroatoms. The van der Waals surface area contributed by atoms with Crippen LogP contribution in [0.15, 0.2) is 10.6 Å². The number of carbonyl (C=O) groups excluding carboxylic acids is 1. The van der Waals surface area contributed by atoms with Crippen molar-refractivity contribution in [2.75, 3.05) is 6.26 Å². The number of rotatable bonds is 6. The quantitative estimate of drug-likeness (QED) is 0.840. The van der Waals surface area contributed by atoms with E-state index in [2.05, 4.69) is 10.5 Å². The van der Waals surface area contributed by atoms with Crippen molar-refractivity contribution in [2.45, 2.75) is 50.9 Å². The van der Waals surface area contributed by atoms with Gasteiger partial charge in [0.05, 0.1) is 12.6 Å². The van der Waals surface area contributed by atoms with Gasteiger partial charge in [-0.15, -0.1) is 12.4 Å². The monoisotopic (exact) mass is 321 g/mol. The van der Waals surface area contributed by atoms with Crippen LogP contribution < -0.4 is 11.1 Å². The van der Waals surface area contributed by atoms with Gasteiger partial charge in [-0.25, -0.2) is 0 Å². The van der Waals surface area contributed by atoms with Crippen molar-refractivity contribution in [2.24, 2.45) is 5.73 Å². The van der Waals surface area contributed by atoms with E-state index in [4.69, 9.17) is 10.3 Å². The highest BCUT2D eigenvalue weighted by molar-refractivity contribution is 8.00. The lowest BCUT2D eigenvalue weighted by atomic mass is 10.0. The van der Waals surface area contributed by atoms with Crippen LogP contribution in [0.3, 0.4) is 0 Å². The standard InChI is InChI=1S/C13H23N3O2S.ClH/c1-8(2)10-6-9(16-18-10)7-15-12(17)11(14)13(3,4)19-5;/h6,8,11H,7,14H2,1-5H3,(H,15,17);1H/t11-;/m1./s1. The number of hydrogen-bond donors (Lipinski definition) is 2. The highest BCUT2D eigenvalue weighted by Gasteiger charge is 2.31. The fraction of sp³-hybridized carbons (Fsp3) is 0.692. The van der Waals surface area contributed by atoms with Crippen molar-refractivity contribution < 1.29 is 9.32 Å². The summed E-state index contributed by atoms with van der Waals surface area (Å²) < 4.78 is 4.88. The molecule has 1 atom stereocenters. The molecule has 0 aliphatic heterocycles. The zero-order chi connectivity index (χ0) is 14.6. The lowest BCUT2D eigenvalue weighted by molar-refractivity contribution is -0.123. The maximum Gasteiger partial charge on any atom is 0.238 e. The summed E-state index contributed by atoms with van der Waals surface area (Å²) in [5.41, 5.74) is 6.66. The molecule has 1 amide bonds. The van der Waals surface area contributed by atoms with Crippen molar-refractivity contribution in [1.29, 1.82) is 0 Å².